The maximum absolute atomic E-state index is 13.6. The van der Waals surface area contributed by atoms with Crippen LogP contribution in [0.25, 0.3) is 0 Å². The Labute approximate surface area is 103 Å². The number of aryl methyl sites for hydroxylation is 1. The number of carbonyl (C=O) groups is 1. The Morgan fingerprint density at radius 1 is 1.33 bits per heavy atom. The van der Waals surface area contributed by atoms with Crippen molar-refractivity contribution in [2.45, 2.75) is 6.92 Å². The summed E-state index contributed by atoms with van der Waals surface area (Å²) in [5, 5.41) is 11.6. The Bertz CT molecular complexity index is 599. The summed E-state index contributed by atoms with van der Waals surface area (Å²) in [5.41, 5.74) is 1.17. The lowest BCUT2D eigenvalue weighted by molar-refractivity contribution is 0.0697. The van der Waals surface area contributed by atoms with Gasteiger partial charge in [-0.05, 0) is 36.8 Å². The van der Waals surface area contributed by atoms with Gasteiger partial charge in [0.2, 0.25) is 0 Å². The normalized spacial score (nSPS) is 10.1. The topological polar surface area (TPSA) is 62.2 Å². The highest BCUT2D eigenvalue weighted by Gasteiger charge is 2.06. The molecule has 0 aliphatic rings. The number of anilines is 2. The van der Waals surface area contributed by atoms with Crippen LogP contribution in [0.3, 0.4) is 0 Å². The fourth-order valence-corrected chi connectivity index (χ4v) is 1.49. The summed E-state index contributed by atoms with van der Waals surface area (Å²) >= 11 is 0. The molecule has 0 bridgehead atoms. The number of benzene rings is 1. The van der Waals surface area contributed by atoms with Gasteiger partial charge in [-0.15, -0.1) is 0 Å². The van der Waals surface area contributed by atoms with E-state index in [1.54, 1.807) is 19.1 Å². The molecule has 1 heterocycles. The lowest BCUT2D eigenvalue weighted by Gasteiger charge is -2.07. The molecule has 92 valence electrons. The van der Waals surface area contributed by atoms with Gasteiger partial charge in [-0.2, -0.15) is 0 Å². The van der Waals surface area contributed by atoms with Crippen molar-refractivity contribution >= 4 is 17.5 Å². The van der Waals surface area contributed by atoms with Crippen molar-refractivity contribution in [2.75, 3.05) is 5.32 Å². The van der Waals surface area contributed by atoms with Crippen molar-refractivity contribution in [1.82, 2.24) is 4.98 Å². The van der Waals surface area contributed by atoms with E-state index in [0.717, 1.165) is 5.56 Å². The fraction of sp³-hybridized carbons (Fsp3) is 0.0769. The highest BCUT2D eigenvalue weighted by molar-refractivity contribution is 5.88. The van der Waals surface area contributed by atoms with Crippen molar-refractivity contribution in [3.05, 3.63) is 53.5 Å². The van der Waals surface area contributed by atoms with Gasteiger partial charge in [-0.1, -0.05) is 6.07 Å². The highest BCUT2D eigenvalue weighted by Crippen LogP contribution is 2.20. The van der Waals surface area contributed by atoms with E-state index in [0.29, 0.717) is 0 Å². The summed E-state index contributed by atoms with van der Waals surface area (Å²) < 4.78 is 13.6. The minimum absolute atomic E-state index is 0.0972. The predicted molar refractivity (Wildman–Crippen MR) is 65.6 cm³/mol. The van der Waals surface area contributed by atoms with E-state index in [1.807, 2.05) is 0 Å². The minimum Gasteiger partial charge on any atom is -0.478 e. The molecule has 0 aliphatic carbocycles. The van der Waals surface area contributed by atoms with Gasteiger partial charge in [-0.25, -0.2) is 14.2 Å². The summed E-state index contributed by atoms with van der Waals surface area (Å²) in [6, 6.07) is 7.45. The van der Waals surface area contributed by atoms with Gasteiger partial charge >= 0.3 is 5.97 Å². The molecule has 0 saturated heterocycles. The summed E-state index contributed by atoms with van der Waals surface area (Å²) in [4.78, 5) is 14.7. The number of carboxylic acids is 1. The smallest absolute Gasteiger partial charge is 0.335 e. The number of pyridine rings is 1. The van der Waals surface area contributed by atoms with Crippen molar-refractivity contribution in [3.63, 3.8) is 0 Å². The van der Waals surface area contributed by atoms with Gasteiger partial charge < -0.3 is 10.4 Å². The molecule has 0 fully saturated rings. The molecule has 2 aromatic rings. The molecule has 0 aliphatic heterocycles. The first-order chi connectivity index (χ1) is 8.56. The summed E-state index contributed by atoms with van der Waals surface area (Å²) in [5.74, 6) is -1.17. The molecule has 4 nitrogen and oxygen atoms in total. The van der Waals surface area contributed by atoms with Crippen molar-refractivity contribution in [3.8, 4) is 0 Å². The lowest BCUT2D eigenvalue weighted by Crippen LogP contribution is -2.01. The van der Waals surface area contributed by atoms with Crippen molar-refractivity contribution in [2.24, 2.45) is 0 Å². The third kappa shape index (κ3) is 2.63. The van der Waals surface area contributed by atoms with Crippen LogP contribution in [-0.4, -0.2) is 16.1 Å². The van der Waals surface area contributed by atoms with E-state index in [4.69, 9.17) is 5.11 Å². The molecule has 5 heteroatoms. The van der Waals surface area contributed by atoms with E-state index in [-0.39, 0.29) is 17.1 Å². The van der Waals surface area contributed by atoms with E-state index in [9.17, 15) is 9.18 Å². The molecule has 2 N–H and O–H groups in total. The number of aromatic carboxylic acids is 1. The molecular weight excluding hydrogens is 235 g/mol. The lowest BCUT2D eigenvalue weighted by atomic mass is 10.2. The standard InChI is InChI=1S/C13H11FN2O2/c1-8-2-3-11(10(14)6-8)16-12-7-9(13(17)18)4-5-15-12/h2-7H,1H3,(H,15,16)(H,17,18). The monoisotopic (exact) mass is 246 g/mol. The molecule has 0 saturated carbocycles. The van der Waals surface area contributed by atoms with Crippen LogP contribution in [0, 0.1) is 12.7 Å². The Hall–Kier alpha value is -2.43. The number of hydrogen-bond acceptors (Lipinski definition) is 3. The van der Waals surface area contributed by atoms with Gasteiger partial charge in [0.15, 0.2) is 0 Å². The SMILES string of the molecule is Cc1ccc(Nc2cc(C(=O)O)ccn2)c(F)c1. The number of aromatic nitrogens is 1. The molecule has 2 rings (SSSR count). The van der Waals surface area contributed by atoms with Crippen LogP contribution in [0.1, 0.15) is 15.9 Å². The molecule has 0 spiro atoms. The molecule has 0 atom stereocenters. The van der Waals surface area contributed by atoms with E-state index >= 15 is 0 Å². The van der Waals surface area contributed by atoms with Gasteiger partial charge in [0.25, 0.3) is 0 Å². The maximum Gasteiger partial charge on any atom is 0.335 e. The third-order valence-corrected chi connectivity index (χ3v) is 2.39. The molecule has 0 radical (unpaired) electrons. The quantitative estimate of drug-likeness (QED) is 0.874. The van der Waals surface area contributed by atoms with Crippen LogP contribution in [0.4, 0.5) is 15.9 Å². The summed E-state index contributed by atoms with van der Waals surface area (Å²) in [6.45, 7) is 1.79. The fourth-order valence-electron chi connectivity index (χ4n) is 1.49. The average molecular weight is 246 g/mol. The van der Waals surface area contributed by atoms with E-state index in [2.05, 4.69) is 10.3 Å². The van der Waals surface area contributed by atoms with E-state index < -0.39 is 11.8 Å². The molecule has 1 aromatic heterocycles. The van der Waals surface area contributed by atoms with Crippen LogP contribution in [0.2, 0.25) is 0 Å². The van der Waals surface area contributed by atoms with Crippen LogP contribution in [-0.2, 0) is 0 Å². The first kappa shape index (κ1) is 12.0. The number of nitrogens with zero attached hydrogens (tertiary/aromatic N) is 1. The number of carboxylic acid groups (broad SMARTS) is 1. The Balaban J connectivity index is 2.28. The largest absolute Gasteiger partial charge is 0.478 e. The first-order valence-corrected chi connectivity index (χ1v) is 5.29. The molecule has 1 aromatic carbocycles. The number of rotatable bonds is 3. The Morgan fingerprint density at radius 3 is 2.78 bits per heavy atom. The Kier molecular flexibility index (Phi) is 3.23. The van der Waals surface area contributed by atoms with Gasteiger partial charge in [0.1, 0.15) is 11.6 Å². The summed E-state index contributed by atoms with van der Waals surface area (Å²) in [7, 11) is 0. The summed E-state index contributed by atoms with van der Waals surface area (Å²) in [6.07, 6.45) is 1.36. The van der Waals surface area contributed by atoms with Gasteiger partial charge in [0, 0.05) is 6.20 Å². The number of nitrogens with one attached hydrogen (secondary N) is 1. The Morgan fingerprint density at radius 2 is 2.11 bits per heavy atom. The second-order valence-electron chi connectivity index (χ2n) is 3.84. The predicted octanol–water partition coefficient (Wildman–Crippen LogP) is 2.97. The maximum atomic E-state index is 13.6. The van der Waals surface area contributed by atoms with E-state index in [1.165, 1.54) is 24.4 Å². The van der Waals surface area contributed by atoms with Crippen LogP contribution in [0.5, 0.6) is 0 Å². The molecule has 0 amide bonds. The van der Waals surface area contributed by atoms with Crippen LogP contribution in [0.15, 0.2) is 36.5 Å². The zero-order valence-electron chi connectivity index (χ0n) is 9.64. The second kappa shape index (κ2) is 4.83. The average Bonchev–Trinajstić information content (AvgIpc) is 2.33. The number of hydrogen-bond donors (Lipinski definition) is 2. The molecular formula is C13H11FN2O2. The third-order valence-electron chi connectivity index (χ3n) is 2.39. The minimum atomic E-state index is -1.05. The first-order valence-electron chi connectivity index (χ1n) is 5.29. The zero-order chi connectivity index (χ0) is 13.1. The zero-order valence-corrected chi connectivity index (χ0v) is 9.64. The number of halogens is 1. The van der Waals surface area contributed by atoms with Crippen LogP contribution >= 0.6 is 0 Å². The van der Waals surface area contributed by atoms with Gasteiger partial charge in [-0.3, -0.25) is 0 Å². The molecule has 0 unspecified atom stereocenters. The van der Waals surface area contributed by atoms with Crippen molar-refractivity contribution < 1.29 is 14.3 Å². The highest BCUT2D eigenvalue weighted by atomic mass is 19.1. The second-order valence-corrected chi connectivity index (χ2v) is 3.84. The van der Waals surface area contributed by atoms with Gasteiger partial charge in [0.05, 0.1) is 11.3 Å². The van der Waals surface area contributed by atoms with Crippen LogP contribution < -0.4 is 5.32 Å². The molecule has 18 heavy (non-hydrogen) atoms. The van der Waals surface area contributed by atoms with Crippen molar-refractivity contribution in [1.29, 1.82) is 0 Å².